The zero-order chi connectivity index (χ0) is 13.9. The summed E-state index contributed by atoms with van der Waals surface area (Å²) in [6.45, 7) is 5.78. The maximum Gasteiger partial charge on any atom is 0.0728 e. The van der Waals surface area contributed by atoms with E-state index in [0.29, 0.717) is 25.6 Å². The smallest absolute Gasteiger partial charge is 0.0728 e. The van der Waals surface area contributed by atoms with Crippen molar-refractivity contribution >= 4 is 8.80 Å². The molecule has 0 spiro atoms. The highest BCUT2D eigenvalue weighted by Gasteiger charge is 2.09. The number of rotatable bonds is 8. The van der Waals surface area contributed by atoms with Crippen LogP contribution in [0.3, 0.4) is 0 Å². The molecule has 2 nitrogen and oxygen atoms in total. The van der Waals surface area contributed by atoms with E-state index in [9.17, 15) is 0 Å². The van der Waals surface area contributed by atoms with Gasteiger partial charge in [0.05, 0.1) is 34.5 Å². The molecule has 0 fully saturated rings. The molecule has 0 saturated carbocycles. The van der Waals surface area contributed by atoms with Crippen LogP contribution in [-0.2, 0) is 4.74 Å². The fourth-order valence-corrected chi connectivity index (χ4v) is 3.81. The Hall–Kier alpha value is -1.37. The highest BCUT2D eigenvalue weighted by molar-refractivity contribution is 6.63. The van der Waals surface area contributed by atoms with Crippen LogP contribution in [0.5, 0.6) is 0 Å². The Morgan fingerprint density at radius 3 is 2.79 bits per heavy atom. The topological polar surface area (TPSA) is 33.0 Å². The van der Waals surface area contributed by atoms with Gasteiger partial charge < -0.3 is 4.74 Å². The largest absolute Gasteiger partial charge is 0.376 e. The third kappa shape index (κ3) is 6.95. The van der Waals surface area contributed by atoms with Gasteiger partial charge in [-0.05, 0) is 17.5 Å². The molecule has 1 aromatic carbocycles. The van der Waals surface area contributed by atoms with Crippen LogP contribution < -0.4 is 0 Å². The molecule has 0 aromatic heterocycles. The molecule has 19 heavy (non-hydrogen) atoms. The maximum absolute atomic E-state index is 8.38. The summed E-state index contributed by atoms with van der Waals surface area (Å²) < 4.78 is 5.32. The van der Waals surface area contributed by atoms with Gasteiger partial charge in [0.25, 0.3) is 0 Å². The van der Waals surface area contributed by atoms with Gasteiger partial charge in [-0.15, -0.1) is 0 Å². The van der Waals surface area contributed by atoms with Crippen molar-refractivity contribution in [3.63, 3.8) is 0 Å². The normalized spacial score (nSPS) is 12.7. The lowest BCUT2D eigenvalue weighted by Crippen LogP contribution is -2.08. The quantitative estimate of drug-likeness (QED) is 0.530. The molecule has 3 heteroatoms. The van der Waals surface area contributed by atoms with E-state index >= 15 is 0 Å². The number of hydrogen-bond donors (Lipinski definition) is 0. The summed E-state index contributed by atoms with van der Waals surface area (Å²) in [4.78, 5) is 0. The summed E-state index contributed by atoms with van der Waals surface area (Å²) in [5.74, 6) is 0.615. The molecule has 0 heterocycles. The van der Waals surface area contributed by atoms with Gasteiger partial charge in [-0.1, -0.05) is 55.6 Å². The van der Waals surface area contributed by atoms with E-state index < -0.39 is 8.80 Å². The van der Waals surface area contributed by atoms with Crippen molar-refractivity contribution in [2.45, 2.75) is 31.9 Å². The van der Waals surface area contributed by atoms with Gasteiger partial charge >= 0.3 is 0 Å². The highest BCUT2D eigenvalue weighted by Crippen LogP contribution is 2.21. The van der Waals surface area contributed by atoms with E-state index in [4.69, 9.17) is 10.00 Å². The van der Waals surface area contributed by atoms with Crippen LogP contribution in [-0.4, -0.2) is 22.0 Å². The van der Waals surface area contributed by atoms with Crippen LogP contribution in [0.2, 0.25) is 12.6 Å². The van der Waals surface area contributed by atoms with Gasteiger partial charge in [-0.3, -0.25) is 0 Å². The first-order valence-corrected chi connectivity index (χ1v) is 9.01. The molecule has 0 aliphatic rings. The van der Waals surface area contributed by atoms with Gasteiger partial charge in [0.1, 0.15) is 0 Å². The van der Waals surface area contributed by atoms with E-state index in [1.54, 1.807) is 0 Å². The summed E-state index contributed by atoms with van der Waals surface area (Å²) in [6.07, 6.45) is 2.58. The van der Waals surface area contributed by atoms with Gasteiger partial charge in [0.15, 0.2) is 0 Å². The zero-order valence-electron chi connectivity index (χ0n) is 11.8. The average Bonchev–Trinajstić information content (AvgIpc) is 2.43. The molecule has 0 saturated heterocycles. The Morgan fingerprint density at radius 1 is 1.37 bits per heavy atom. The molecule has 0 aliphatic heterocycles. The molecular formula is C16H22NOSi. The molecule has 0 amide bonds. The molecule has 1 unspecified atom stereocenters. The lowest BCUT2D eigenvalue weighted by atomic mass is 10.0. The van der Waals surface area contributed by atoms with E-state index in [2.05, 4.69) is 61.6 Å². The van der Waals surface area contributed by atoms with Crippen LogP contribution in [0.15, 0.2) is 42.1 Å². The van der Waals surface area contributed by atoms with Crippen molar-refractivity contribution < 1.29 is 4.74 Å². The fraction of sp³-hybridized carbons (Fsp3) is 0.438. The molecular weight excluding hydrogens is 250 g/mol. The van der Waals surface area contributed by atoms with Crippen LogP contribution in [0.25, 0.3) is 0 Å². The van der Waals surface area contributed by atoms with Gasteiger partial charge in [0, 0.05) is 0 Å². The molecule has 0 N–H and O–H groups in total. The minimum absolute atomic E-state index is 0.454. The first kappa shape index (κ1) is 15.7. The second-order valence-electron chi connectivity index (χ2n) is 4.75. The highest BCUT2D eigenvalue weighted by atomic mass is 28.3. The summed E-state index contributed by atoms with van der Waals surface area (Å²) in [5, 5.41) is 8.38. The summed E-state index contributed by atoms with van der Waals surface area (Å²) in [7, 11) is -0.454. The van der Waals surface area contributed by atoms with Gasteiger partial charge in [0.2, 0.25) is 0 Å². The summed E-state index contributed by atoms with van der Waals surface area (Å²) in [6, 6.07) is 14.0. The van der Waals surface area contributed by atoms with Crippen molar-refractivity contribution in [1.82, 2.24) is 0 Å². The van der Waals surface area contributed by atoms with Crippen molar-refractivity contribution in [1.29, 1.82) is 5.26 Å². The lowest BCUT2D eigenvalue weighted by molar-refractivity contribution is 0.168. The van der Waals surface area contributed by atoms with Gasteiger partial charge in [-0.25, -0.2) is 0 Å². The Kier molecular flexibility index (Phi) is 7.88. The Labute approximate surface area is 118 Å². The average molecular weight is 272 g/mol. The predicted octanol–water partition coefficient (Wildman–Crippen LogP) is 3.94. The summed E-state index contributed by atoms with van der Waals surface area (Å²) in [5.41, 5.74) is 3.72. The number of benzene rings is 1. The molecule has 0 bridgehead atoms. The third-order valence-corrected chi connectivity index (χ3v) is 5.03. The van der Waals surface area contributed by atoms with Crippen LogP contribution >= 0.6 is 0 Å². The van der Waals surface area contributed by atoms with Gasteiger partial charge in [-0.2, -0.15) is 5.26 Å². The number of hydrogen-bond acceptors (Lipinski definition) is 2. The molecule has 1 radical (unpaired) electrons. The van der Waals surface area contributed by atoms with Crippen molar-refractivity contribution in [2.75, 3.05) is 13.2 Å². The third-order valence-electron chi connectivity index (χ3n) is 2.97. The van der Waals surface area contributed by atoms with Crippen LogP contribution in [0.4, 0.5) is 0 Å². The second-order valence-corrected chi connectivity index (χ2v) is 7.18. The van der Waals surface area contributed by atoms with E-state index in [0.717, 1.165) is 0 Å². The van der Waals surface area contributed by atoms with Crippen LogP contribution in [0, 0.1) is 11.3 Å². The molecule has 0 aliphatic carbocycles. The van der Waals surface area contributed by atoms with E-state index in [-0.39, 0.29) is 0 Å². The fourth-order valence-electron chi connectivity index (χ4n) is 1.97. The lowest BCUT2D eigenvalue weighted by Gasteiger charge is -2.13. The van der Waals surface area contributed by atoms with Crippen LogP contribution in [0.1, 0.15) is 24.8 Å². The van der Waals surface area contributed by atoms with Crippen molar-refractivity contribution in [2.24, 2.45) is 0 Å². The Morgan fingerprint density at radius 2 is 2.11 bits per heavy atom. The standard InChI is InChI=1S/C16H22NOSi/c1-15(16-8-4-3-5-9-16)14-19(2)13-7-12-18-11-6-10-17/h3-5,7-9,13,15H,6,11-12,14H2,1-2H3. The second kappa shape index (κ2) is 9.54. The first-order valence-electron chi connectivity index (χ1n) is 6.72. The minimum Gasteiger partial charge on any atom is -0.376 e. The van der Waals surface area contributed by atoms with Crippen molar-refractivity contribution in [3.8, 4) is 6.07 Å². The summed E-state index contributed by atoms with van der Waals surface area (Å²) >= 11 is 0. The van der Waals surface area contributed by atoms with E-state index in [1.807, 2.05) is 0 Å². The SMILES string of the molecule is CC(C[Si](C)C=CCOCCC#N)c1ccccc1. The van der Waals surface area contributed by atoms with E-state index in [1.165, 1.54) is 11.6 Å². The zero-order valence-corrected chi connectivity index (χ0v) is 12.8. The minimum atomic E-state index is -0.454. The maximum atomic E-state index is 8.38. The monoisotopic (exact) mass is 272 g/mol. The number of nitriles is 1. The Bertz CT molecular complexity index is 411. The Balaban J connectivity index is 2.25. The first-order chi connectivity index (χ1) is 9.24. The molecule has 101 valence electrons. The predicted molar refractivity (Wildman–Crippen MR) is 81.5 cm³/mol. The number of ether oxygens (including phenoxy) is 1. The molecule has 1 aromatic rings. The van der Waals surface area contributed by atoms with Crippen molar-refractivity contribution in [3.05, 3.63) is 47.7 Å². The molecule has 1 atom stereocenters. The molecule has 1 rings (SSSR count). The number of nitrogens with zero attached hydrogens (tertiary/aromatic N) is 1.